The van der Waals surface area contributed by atoms with Gasteiger partial charge >= 0.3 is 5.97 Å². The van der Waals surface area contributed by atoms with Crippen molar-refractivity contribution in [2.45, 2.75) is 50.5 Å². The molecule has 112 valence electrons. The predicted molar refractivity (Wildman–Crippen MR) is 77.8 cm³/mol. The zero-order chi connectivity index (χ0) is 14.9. The minimum atomic E-state index is -3.64. The largest absolute Gasteiger partial charge is 0.477 e. The molecule has 1 aromatic heterocycles. The highest BCUT2D eigenvalue weighted by atomic mass is 32.2. The molecule has 2 rings (SSSR count). The molecule has 0 aromatic carbocycles. The number of carboxylic acids is 1. The Bertz CT molecular complexity index is 600. The summed E-state index contributed by atoms with van der Waals surface area (Å²) in [6.07, 6.45) is 4.40. The zero-order valence-corrected chi connectivity index (χ0v) is 13.2. The third-order valence-corrected chi connectivity index (χ3v) is 6.67. The smallest absolute Gasteiger partial charge is 0.345 e. The molecule has 1 aromatic rings. The van der Waals surface area contributed by atoms with Gasteiger partial charge in [-0.05, 0) is 38.7 Å². The lowest BCUT2D eigenvalue weighted by molar-refractivity contribution is 0.0702. The summed E-state index contributed by atoms with van der Waals surface area (Å²) in [4.78, 5) is 11.6. The van der Waals surface area contributed by atoms with Gasteiger partial charge in [-0.1, -0.05) is 12.8 Å². The average Bonchev–Trinajstić information content (AvgIpc) is 2.96. The molecule has 20 heavy (non-hydrogen) atoms. The fourth-order valence-electron chi connectivity index (χ4n) is 2.70. The molecule has 1 saturated carbocycles. The third kappa shape index (κ3) is 3.21. The van der Waals surface area contributed by atoms with Crippen LogP contribution >= 0.6 is 11.3 Å². The van der Waals surface area contributed by atoms with Crippen LogP contribution in [-0.4, -0.2) is 25.5 Å². The van der Waals surface area contributed by atoms with Crippen molar-refractivity contribution in [1.82, 2.24) is 4.72 Å². The standard InChI is InChI=1S/C13H19NO4S2/c1-8(10-5-3-4-6-10)14-20(17,18)12-7-11(13(15)16)19-9(12)2/h7-8,10,14H,3-6H2,1-2H3,(H,15,16). The van der Waals surface area contributed by atoms with E-state index in [4.69, 9.17) is 5.11 Å². The van der Waals surface area contributed by atoms with E-state index in [0.717, 1.165) is 37.0 Å². The number of rotatable bonds is 5. The van der Waals surface area contributed by atoms with E-state index in [1.54, 1.807) is 6.92 Å². The SMILES string of the molecule is Cc1sc(C(=O)O)cc1S(=O)(=O)NC(C)C1CCCC1. The van der Waals surface area contributed by atoms with Crippen LogP contribution in [0.2, 0.25) is 0 Å². The fraction of sp³-hybridized carbons (Fsp3) is 0.615. The molecule has 0 bridgehead atoms. The number of aryl methyl sites for hydroxylation is 1. The Morgan fingerprint density at radius 2 is 2.05 bits per heavy atom. The van der Waals surface area contributed by atoms with E-state index in [2.05, 4.69) is 4.72 Å². The summed E-state index contributed by atoms with van der Waals surface area (Å²) in [5.41, 5.74) is 0. The van der Waals surface area contributed by atoms with Gasteiger partial charge in [-0.3, -0.25) is 0 Å². The summed E-state index contributed by atoms with van der Waals surface area (Å²) in [6, 6.07) is 1.13. The van der Waals surface area contributed by atoms with Gasteiger partial charge in [-0.25, -0.2) is 17.9 Å². The monoisotopic (exact) mass is 317 g/mol. The maximum atomic E-state index is 12.4. The Morgan fingerprint density at radius 1 is 1.45 bits per heavy atom. The van der Waals surface area contributed by atoms with Crippen LogP contribution < -0.4 is 4.72 Å². The number of nitrogens with one attached hydrogen (secondary N) is 1. The van der Waals surface area contributed by atoms with Crippen LogP contribution in [0.15, 0.2) is 11.0 Å². The molecule has 0 saturated heterocycles. The second-order valence-electron chi connectivity index (χ2n) is 5.29. The first-order chi connectivity index (χ1) is 9.31. The molecule has 1 atom stereocenters. The van der Waals surface area contributed by atoms with E-state index in [-0.39, 0.29) is 15.8 Å². The van der Waals surface area contributed by atoms with Gasteiger partial charge in [0, 0.05) is 10.9 Å². The van der Waals surface area contributed by atoms with Gasteiger partial charge in [-0.2, -0.15) is 0 Å². The van der Waals surface area contributed by atoms with Crippen molar-refractivity contribution in [3.8, 4) is 0 Å². The number of carboxylic acid groups (broad SMARTS) is 1. The highest BCUT2D eigenvalue weighted by molar-refractivity contribution is 7.89. The maximum absolute atomic E-state index is 12.4. The predicted octanol–water partition coefficient (Wildman–Crippen LogP) is 2.61. The number of thiophene rings is 1. The average molecular weight is 317 g/mol. The highest BCUT2D eigenvalue weighted by Gasteiger charge is 2.28. The van der Waals surface area contributed by atoms with E-state index in [0.29, 0.717) is 10.8 Å². The number of sulfonamides is 1. The Balaban J connectivity index is 2.19. The lowest BCUT2D eigenvalue weighted by Gasteiger charge is -2.20. The topological polar surface area (TPSA) is 83.5 Å². The zero-order valence-electron chi connectivity index (χ0n) is 11.5. The van der Waals surface area contributed by atoms with Crippen molar-refractivity contribution in [1.29, 1.82) is 0 Å². The number of hydrogen-bond acceptors (Lipinski definition) is 4. The number of carbonyl (C=O) groups is 1. The Labute approximate surface area is 123 Å². The molecule has 0 aliphatic heterocycles. The highest BCUT2D eigenvalue weighted by Crippen LogP contribution is 2.30. The summed E-state index contributed by atoms with van der Waals surface area (Å²) in [7, 11) is -3.64. The van der Waals surface area contributed by atoms with Crippen molar-refractivity contribution in [2.75, 3.05) is 0 Å². The third-order valence-electron chi connectivity index (χ3n) is 3.82. The first-order valence-corrected chi connectivity index (χ1v) is 8.97. The van der Waals surface area contributed by atoms with Crippen molar-refractivity contribution in [2.24, 2.45) is 5.92 Å². The van der Waals surface area contributed by atoms with Crippen LogP contribution in [0, 0.1) is 12.8 Å². The summed E-state index contributed by atoms with van der Waals surface area (Å²) in [5.74, 6) is -0.717. The molecule has 5 nitrogen and oxygen atoms in total. The van der Waals surface area contributed by atoms with Gasteiger partial charge in [0.05, 0.1) is 4.90 Å². The second-order valence-corrected chi connectivity index (χ2v) is 8.23. The Hall–Kier alpha value is -0.920. The van der Waals surface area contributed by atoms with Crippen molar-refractivity contribution in [3.63, 3.8) is 0 Å². The maximum Gasteiger partial charge on any atom is 0.345 e. The molecule has 0 radical (unpaired) electrons. The summed E-state index contributed by atoms with van der Waals surface area (Å²) in [6.45, 7) is 3.51. The second kappa shape index (κ2) is 5.83. The van der Waals surface area contributed by atoms with Crippen molar-refractivity contribution < 1.29 is 18.3 Å². The first kappa shape index (κ1) is 15.5. The molecular formula is C13H19NO4S2. The molecule has 1 heterocycles. The molecule has 2 N–H and O–H groups in total. The van der Waals surface area contributed by atoms with E-state index in [1.807, 2.05) is 6.92 Å². The van der Waals surface area contributed by atoms with Gasteiger partial charge < -0.3 is 5.11 Å². The van der Waals surface area contributed by atoms with E-state index in [9.17, 15) is 13.2 Å². The van der Waals surface area contributed by atoms with Gasteiger partial charge in [0.2, 0.25) is 10.0 Å². The molecule has 1 fully saturated rings. The van der Waals surface area contributed by atoms with Gasteiger partial charge in [0.15, 0.2) is 0 Å². The fourth-order valence-corrected chi connectivity index (χ4v) is 5.44. The van der Waals surface area contributed by atoms with Crippen LogP contribution in [-0.2, 0) is 10.0 Å². The van der Waals surface area contributed by atoms with Crippen LogP contribution in [0.25, 0.3) is 0 Å². The van der Waals surface area contributed by atoms with Crippen molar-refractivity contribution >= 4 is 27.3 Å². The Morgan fingerprint density at radius 3 is 2.55 bits per heavy atom. The lowest BCUT2D eigenvalue weighted by atomic mass is 10.0. The molecular weight excluding hydrogens is 298 g/mol. The van der Waals surface area contributed by atoms with Crippen LogP contribution in [0.4, 0.5) is 0 Å². The van der Waals surface area contributed by atoms with Crippen LogP contribution in [0.3, 0.4) is 0 Å². The summed E-state index contributed by atoms with van der Waals surface area (Å²) in [5, 5.41) is 8.94. The van der Waals surface area contributed by atoms with Gasteiger partial charge in [0.1, 0.15) is 4.88 Å². The quantitative estimate of drug-likeness (QED) is 0.874. The molecule has 0 spiro atoms. The van der Waals surface area contributed by atoms with E-state index < -0.39 is 16.0 Å². The number of aromatic carboxylic acids is 1. The van der Waals surface area contributed by atoms with Gasteiger partial charge in [0.25, 0.3) is 0 Å². The molecule has 1 aliphatic rings. The molecule has 1 aliphatic carbocycles. The summed E-state index contributed by atoms with van der Waals surface area (Å²) < 4.78 is 27.4. The normalized spacial score (nSPS) is 18.3. The van der Waals surface area contributed by atoms with E-state index in [1.165, 1.54) is 6.07 Å². The number of hydrogen-bond donors (Lipinski definition) is 2. The van der Waals surface area contributed by atoms with Crippen LogP contribution in [0.1, 0.15) is 47.2 Å². The Kier molecular flexibility index (Phi) is 4.51. The minimum Gasteiger partial charge on any atom is -0.477 e. The minimum absolute atomic E-state index is 0.0522. The van der Waals surface area contributed by atoms with Crippen LogP contribution in [0.5, 0.6) is 0 Å². The molecule has 7 heteroatoms. The van der Waals surface area contributed by atoms with Gasteiger partial charge in [-0.15, -0.1) is 11.3 Å². The first-order valence-electron chi connectivity index (χ1n) is 6.67. The van der Waals surface area contributed by atoms with E-state index >= 15 is 0 Å². The lowest BCUT2D eigenvalue weighted by Crippen LogP contribution is -2.37. The molecule has 1 unspecified atom stereocenters. The van der Waals surface area contributed by atoms with Crippen molar-refractivity contribution in [3.05, 3.63) is 15.8 Å². The molecule has 0 amide bonds. The summed E-state index contributed by atoms with van der Waals surface area (Å²) >= 11 is 0.990.